The summed E-state index contributed by atoms with van der Waals surface area (Å²) in [4.78, 5) is 0. The molecule has 1 N–H and O–H groups in total. The highest BCUT2D eigenvalue weighted by Crippen LogP contribution is 2.25. The summed E-state index contributed by atoms with van der Waals surface area (Å²) in [5.74, 6) is 0.685. The van der Waals surface area contributed by atoms with Gasteiger partial charge in [-0.1, -0.05) is 32.0 Å². The van der Waals surface area contributed by atoms with Crippen LogP contribution in [0.2, 0.25) is 0 Å². The molecule has 1 aliphatic rings. The maximum absolute atomic E-state index is 3.70. The van der Waals surface area contributed by atoms with E-state index in [0.29, 0.717) is 18.0 Å². The highest BCUT2D eigenvalue weighted by molar-refractivity contribution is 5.35. The molecule has 2 rings (SSSR count). The van der Waals surface area contributed by atoms with Crippen LogP contribution in [0.5, 0.6) is 0 Å². The molecule has 0 aromatic heterocycles. The molecule has 0 spiro atoms. The number of fused-ring (bicyclic) bond motifs is 1. The van der Waals surface area contributed by atoms with Crippen molar-refractivity contribution in [3.63, 3.8) is 0 Å². The largest absolute Gasteiger partial charge is 0.307 e. The zero-order valence-electron chi connectivity index (χ0n) is 12.3. The molecular formula is C17H27N. The van der Waals surface area contributed by atoms with Gasteiger partial charge in [-0.25, -0.2) is 0 Å². The van der Waals surface area contributed by atoms with E-state index in [4.69, 9.17) is 0 Å². The molecular weight excluding hydrogens is 218 g/mol. The lowest BCUT2D eigenvalue weighted by Crippen LogP contribution is -2.33. The van der Waals surface area contributed by atoms with Crippen molar-refractivity contribution in [3.8, 4) is 0 Å². The molecule has 1 aromatic carbocycles. The van der Waals surface area contributed by atoms with Crippen molar-refractivity contribution >= 4 is 0 Å². The molecule has 100 valence electrons. The predicted octanol–water partition coefficient (Wildman–Crippen LogP) is 4.26. The molecule has 0 radical (unpaired) electrons. The second-order valence-electron chi connectivity index (χ2n) is 6.16. The summed E-state index contributed by atoms with van der Waals surface area (Å²) in [5.41, 5.74) is 4.61. The third kappa shape index (κ3) is 3.14. The van der Waals surface area contributed by atoms with E-state index < -0.39 is 0 Å². The van der Waals surface area contributed by atoms with Crippen LogP contribution in [0.4, 0.5) is 0 Å². The monoisotopic (exact) mass is 245 g/mol. The quantitative estimate of drug-likeness (QED) is 0.835. The maximum atomic E-state index is 3.70. The van der Waals surface area contributed by atoms with Gasteiger partial charge in [0, 0.05) is 12.1 Å². The summed E-state index contributed by atoms with van der Waals surface area (Å²) in [5, 5.41) is 3.70. The summed E-state index contributed by atoms with van der Waals surface area (Å²) < 4.78 is 0. The summed E-state index contributed by atoms with van der Waals surface area (Å²) >= 11 is 0. The lowest BCUT2D eigenvalue weighted by molar-refractivity contribution is 0.388. The topological polar surface area (TPSA) is 12.0 Å². The Morgan fingerprint density at radius 1 is 0.944 bits per heavy atom. The van der Waals surface area contributed by atoms with Crippen LogP contribution in [0, 0.1) is 5.92 Å². The fraction of sp³-hybridized carbons (Fsp3) is 0.647. The number of nitrogens with one attached hydrogen (secondary N) is 1. The maximum Gasteiger partial charge on any atom is 0.0294 e. The molecule has 18 heavy (non-hydrogen) atoms. The number of hydrogen-bond donors (Lipinski definition) is 1. The molecule has 0 bridgehead atoms. The van der Waals surface area contributed by atoms with Crippen molar-refractivity contribution in [1.82, 2.24) is 5.32 Å². The Labute approximate surface area is 112 Å². The zero-order chi connectivity index (χ0) is 13.1. The minimum absolute atomic E-state index is 0.453. The van der Waals surface area contributed by atoms with E-state index in [2.05, 4.69) is 51.2 Å². The van der Waals surface area contributed by atoms with Gasteiger partial charge in [0.1, 0.15) is 0 Å². The average molecular weight is 245 g/mol. The van der Waals surface area contributed by atoms with Crippen LogP contribution in [0.25, 0.3) is 0 Å². The van der Waals surface area contributed by atoms with E-state index in [1.54, 1.807) is 11.1 Å². The van der Waals surface area contributed by atoms with Crippen molar-refractivity contribution in [1.29, 1.82) is 0 Å². The van der Waals surface area contributed by atoms with Crippen LogP contribution in [0.3, 0.4) is 0 Å². The molecule has 1 aliphatic carbocycles. The van der Waals surface area contributed by atoms with Crippen molar-refractivity contribution in [3.05, 3.63) is 34.9 Å². The lowest BCUT2D eigenvalue weighted by atomic mass is 9.89. The Morgan fingerprint density at radius 2 is 1.61 bits per heavy atom. The van der Waals surface area contributed by atoms with E-state index in [1.807, 2.05) is 0 Å². The molecule has 0 saturated heterocycles. The Bertz CT molecular complexity index is 395. The van der Waals surface area contributed by atoms with Crippen molar-refractivity contribution < 1.29 is 0 Å². The van der Waals surface area contributed by atoms with Gasteiger partial charge in [-0.2, -0.15) is 0 Å². The van der Waals surface area contributed by atoms with Crippen LogP contribution in [0.15, 0.2) is 18.2 Å². The van der Waals surface area contributed by atoms with Crippen LogP contribution in [-0.2, 0) is 12.8 Å². The van der Waals surface area contributed by atoms with E-state index >= 15 is 0 Å². The average Bonchev–Trinajstić information content (AvgIpc) is 2.37. The number of aryl methyl sites for hydroxylation is 2. The van der Waals surface area contributed by atoms with Crippen LogP contribution in [-0.4, -0.2) is 6.04 Å². The summed E-state index contributed by atoms with van der Waals surface area (Å²) in [6, 6.07) is 8.11. The predicted molar refractivity (Wildman–Crippen MR) is 78.9 cm³/mol. The van der Waals surface area contributed by atoms with Crippen LogP contribution in [0.1, 0.15) is 63.3 Å². The first-order valence-electron chi connectivity index (χ1n) is 7.45. The molecule has 2 atom stereocenters. The number of benzene rings is 1. The zero-order valence-corrected chi connectivity index (χ0v) is 12.3. The first-order chi connectivity index (χ1) is 8.58. The van der Waals surface area contributed by atoms with E-state index in [9.17, 15) is 0 Å². The van der Waals surface area contributed by atoms with Crippen molar-refractivity contribution in [2.45, 2.75) is 65.5 Å². The van der Waals surface area contributed by atoms with Gasteiger partial charge < -0.3 is 5.32 Å². The standard InChI is InChI=1S/C17H27N/c1-12(2)13(3)18-14(4)16-10-9-15-7-5-6-8-17(15)11-16/h9-14,18H,5-8H2,1-4H3. The second-order valence-corrected chi connectivity index (χ2v) is 6.16. The Kier molecular flexibility index (Phi) is 4.45. The van der Waals surface area contributed by atoms with Crippen LogP contribution < -0.4 is 5.32 Å². The van der Waals surface area contributed by atoms with Gasteiger partial charge in [-0.3, -0.25) is 0 Å². The summed E-state index contributed by atoms with van der Waals surface area (Å²) in [6.07, 6.45) is 5.28. The molecule has 0 saturated carbocycles. The smallest absolute Gasteiger partial charge is 0.0294 e. The molecule has 2 unspecified atom stereocenters. The van der Waals surface area contributed by atoms with Crippen molar-refractivity contribution in [2.75, 3.05) is 0 Å². The SMILES string of the molecule is CC(NC(C)C(C)C)c1ccc2c(c1)CCCC2. The van der Waals surface area contributed by atoms with Crippen molar-refractivity contribution in [2.24, 2.45) is 5.92 Å². The molecule has 0 aliphatic heterocycles. The van der Waals surface area contributed by atoms with Gasteiger partial charge in [0.2, 0.25) is 0 Å². The number of hydrogen-bond acceptors (Lipinski definition) is 1. The van der Waals surface area contributed by atoms with Gasteiger partial charge in [-0.05, 0) is 62.1 Å². The van der Waals surface area contributed by atoms with Gasteiger partial charge in [0.05, 0.1) is 0 Å². The summed E-state index contributed by atoms with van der Waals surface area (Å²) in [6.45, 7) is 9.11. The Hall–Kier alpha value is -0.820. The minimum atomic E-state index is 0.453. The molecule has 0 amide bonds. The van der Waals surface area contributed by atoms with Crippen LogP contribution >= 0.6 is 0 Å². The Morgan fingerprint density at radius 3 is 2.28 bits per heavy atom. The highest BCUT2D eigenvalue weighted by Gasteiger charge is 2.15. The molecule has 0 fully saturated rings. The Balaban J connectivity index is 2.08. The first kappa shape index (κ1) is 13.6. The van der Waals surface area contributed by atoms with Gasteiger partial charge in [0.25, 0.3) is 0 Å². The third-order valence-corrected chi connectivity index (χ3v) is 4.39. The van der Waals surface area contributed by atoms with Gasteiger partial charge >= 0.3 is 0 Å². The van der Waals surface area contributed by atoms with E-state index in [1.165, 1.54) is 31.2 Å². The second kappa shape index (κ2) is 5.88. The summed E-state index contributed by atoms with van der Waals surface area (Å²) in [7, 11) is 0. The molecule has 1 aromatic rings. The van der Waals surface area contributed by atoms with E-state index in [-0.39, 0.29) is 0 Å². The molecule has 1 heteroatoms. The van der Waals surface area contributed by atoms with Gasteiger partial charge in [-0.15, -0.1) is 0 Å². The first-order valence-corrected chi connectivity index (χ1v) is 7.45. The highest BCUT2D eigenvalue weighted by atomic mass is 14.9. The fourth-order valence-electron chi connectivity index (χ4n) is 2.71. The van der Waals surface area contributed by atoms with Gasteiger partial charge in [0.15, 0.2) is 0 Å². The minimum Gasteiger partial charge on any atom is -0.307 e. The third-order valence-electron chi connectivity index (χ3n) is 4.39. The fourth-order valence-corrected chi connectivity index (χ4v) is 2.71. The molecule has 0 heterocycles. The molecule has 1 nitrogen and oxygen atoms in total. The lowest BCUT2D eigenvalue weighted by Gasteiger charge is -2.25. The normalized spacial score (nSPS) is 18.5. The van der Waals surface area contributed by atoms with E-state index in [0.717, 1.165) is 0 Å². The number of rotatable bonds is 4.